The number of anilines is 2. The first-order valence-electron chi connectivity index (χ1n) is 8.85. The normalized spacial score (nSPS) is 15.3. The van der Waals surface area contributed by atoms with Crippen LogP contribution in [-0.4, -0.2) is 38.3 Å². The van der Waals surface area contributed by atoms with Crippen molar-refractivity contribution in [3.05, 3.63) is 52.1 Å². The number of rotatable bonds is 6. The van der Waals surface area contributed by atoms with E-state index >= 15 is 0 Å². The van der Waals surface area contributed by atoms with Crippen molar-refractivity contribution in [2.24, 2.45) is 0 Å². The molecule has 2 aromatic rings. The number of carbonyl (C=O) groups is 1. The van der Waals surface area contributed by atoms with Gasteiger partial charge in [0.15, 0.2) is 0 Å². The maximum atomic E-state index is 12.8. The fourth-order valence-electron chi connectivity index (χ4n) is 2.97. The zero-order chi connectivity index (χ0) is 19.3. The third-order valence-corrected chi connectivity index (χ3v) is 6.91. The smallest absolute Gasteiger partial charge is 0.243 e. The molecule has 0 saturated carbocycles. The summed E-state index contributed by atoms with van der Waals surface area (Å²) in [5.41, 5.74) is 1.33. The Labute approximate surface area is 173 Å². The molecule has 27 heavy (non-hydrogen) atoms. The van der Waals surface area contributed by atoms with E-state index in [4.69, 9.17) is 0 Å². The Morgan fingerprint density at radius 2 is 1.70 bits per heavy atom. The van der Waals surface area contributed by atoms with Crippen molar-refractivity contribution in [2.45, 2.75) is 24.2 Å². The van der Waals surface area contributed by atoms with E-state index < -0.39 is 10.0 Å². The number of nitrogens with zero attached hydrogens (tertiary/aromatic N) is 1. The second-order valence-corrected chi connectivity index (χ2v) is 9.59. The van der Waals surface area contributed by atoms with Crippen LogP contribution in [0, 0.1) is 3.57 Å². The highest BCUT2D eigenvalue weighted by molar-refractivity contribution is 14.1. The van der Waals surface area contributed by atoms with Crippen LogP contribution in [0.5, 0.6) is 0 Å². The Kier molecular flexibility index (Phi) is 6.72. The molecule has 0 aromatic heterocycles. The molecule has 8 heteroatoms. The van der Waals surface area contributed by atoms with Gasteiger partial charge in [0.1, 0.15) is 0 Å². The Morgan fingerprint density at radius 1 is 1.00 bits per heavy atom. The summed E-state index contributed by atoms with van der Waals surface area (Å²) in [7, 11) is -3.48. The van der Waals surface area contributed by atoms with Crippen molar-refractivity contribution in [1.29, 1.82) is 0 Å². The molecule has 0 bridgehead atoms. The van der Waals surface area contributed by atoms with E-state index in [1.807, 2.05) is 24.3 Å². The fourth-order valence-corrected chi connectivity index (χ4v) is 5.08. The van der Waals surface area contributed by atoms with Crippen LogP contribution in [0.4, 0.5) is 11.4 Å². The molecule has 0 atom stereocenters. The predicted molar refractivity (Wildman–Crippen MR) is 115 cm³/mol. The van der Waals surface area contributed by atoms with Crippen molar-refractivity contribution in [2.75, 3.05) is 30.3 Å². The minimum absolute atomic E-state index is 0.0543. The van der Waals surface area contributed by atoms with Gasteiger partial charge in [-0.2, -0.15) is 4.31 Å². The highest BCUT2D eigenvalue weighted by Gasteiger charge is 2.25. The summed E-state index contributed by atoms with van der Waals surface area (Å²) >= 11 is 2.18. The lowest BCUT2D eigenvalue weighted by Crippen LogP contribution is -2.35. The Bertz CT molecular complexity index is 912. The standard InChI is InChI=1S/C19H22IN3O3S/c20-15-6-4-8-17(12-15)22-19(24)14-21-16-7-5-9-18(13-16)27(25,26)23-10-2-1-3-11-23/h4-9,12-13,21H,1-3,10-11,14H2,(H,22,24). The summed E-state index contributed by atoms with van der Waals surface area (Å²) in [6, 6.07) is 14.2. The van der Waals surface area contributed by atoms with Crippen LogP contribution in [0.1, 0.15) is 19.3 Å². The van der Waals surface area contributed by atoms with E-state index in [0.29, 0.717) is 18.8 Å². The second-order valence-electron chi connectivity index (χ2n) is 6.40. The van der Waals surface area contributed by atoms with Gasteiger partial charge in [0.05, 0.1) is 11.4 Å². The van der Waals surface area contributed by atoms with Gasteiger partial charge in [-0.15, -0.1) is 0 Å². The number of amides is 1. The Balaban J connectivity index is 1.63. The number of hydrogen-bond acceptors (Lipinski definition) is 4. The maximum Gasteiger partial charge on any atom is 0.243 e. The zero-order valence-corrected chi connectivity index (χ0v) is 17.8. The summed E-state index contributed by atoms with van der Waals surface area (Å²) in [5.74, 6) is -0.193. The van der Waals surface area contributed by atoms with Gasteiger partial charge in [0, 0.05) is 28.0 Å². The SMILES string of the molecule is O=C(CNc1cccc(S(=O)(=O)N2CCCCC2)c1)Nc1cccc(I)c1. The molecule has 1 saturated heterocycles. The Morgan fingerprint density at radius 3 is 2.44 bits per heavy atom. The summed E-state index contributed by atoms with van der Waals surface area (Å²) in [4.78, 5) is 12.4. The first-order valence-corrected chi connectivity index (χ1v) is 11.4. The van der Waals surface area contributed by atoms with Crippen LogP contribution in [0.25, 0.3) is 0 Å². The van der Waals surface area contributed by atoms with Crippen molar-refractivity contribution in [3.8, 4) is 0 Å². The highest BCUT2D eigenvalue weighted by atomic mass is 127. The zero-order valence-electron chi connectivity index (χ0n) is 14.8. The van der Waals surface area contributed by atoms with E-state index in [9.17, 15) is 13.2 Å². The fraction of sp³-hybridized carbons (Fsp3) is 0.316. The minimum atomic E-state index is -3.48. The number of hydrogen-bond donors (Lipinski definition) is 2. The van der Waals surface area contributed by atoms with E-state index in [1.54, 1.807) is 28.6 Å². The van der Waals surface area contributed by atoms with Crippen LogP contribution < -0.4 is 10.6 Å². The number of sulfonamides is 1. The number of piperidine rings is 1. The largest absolute Gasteiger partial charge is 0.376 e. The lowest BCUT2D eigenvalue weighted by Gasteiger charge is -2.26. The average Bonchev–Trinajstić information content (AvgIpc) is 2.67. The number of carbonyl (C=O) groups excluding carboxylic acids is 1. The molecule has 1 heterocycles. The Hall–Kier alpha value is -1.65. The van der Waals surface area contributed by atoms with Gasteiger partial charge in [0.25, 0.3) is 0 Å². The molecule has 2 N–H and O–H groups in total. The van der Waals surface area contributed by atoms with Crippen molar-refractivity contribution >= 4 is 49.9 Å². The number of nitrogens with one attached hydrogen (secondary N) is 2. The average molecular weight is 499 g/mol. The van der Waals surface area contributed by atoms with Gasteiger partial charge >= 0.3 is 0 Å². The van der Waals surface area contributed by atoms with Gasteiger partial charge in [-0.05, 0) is 71.8 Å². The number of benzene rings is 2. The molecule has 1 amide bonds. The summed E-state index contributed by atoms with van der Waals surface area (Å²) < 4.78 is 28.1. The van der Waals surface area contributed by atoms with Gasteiger partial charge < -0.3 is 10.6 Å². The molecule has 2 aromatic carbocycles. The third-order valence-electron chi connectivity index (χ3n) is 4.35. The van der Waals surface area contributed by atoms with Gasteiger partial charge in [-0.25, -0.2) is 8.42 Å². The minimum Gasteiger partial charge on any atom is -0.376 e. The molecule has 0 unspecified atom stereocenters. The second kappa shape index (κ2) is 9.03. The monoisotopic (exact) mass is 499 g/mol. The van der Waals surface area contributed by atoms with Crippen molar-refractivity contribution in [1.82, 2.24) is 4.31 Å². The third kappa shape index (κ3) is 5.43. The van der Waals surface area contributed by atoms with Crippen LogP contribution >= 0.6 is 22.6 Å². The molecule has 3 rings (SSSR count). The molecule has 1 aliphatic heterocycles. The summed E-state index contributed by atoms with van der Waals surface area (Å²) in [6.45, 7) is 1.19. The van der Waals surface area contributed by atoms with Crippen molar-refractivity contribution < 1.29 is 13.2 Å². The predicted octanol–water partition coefficient (Wildman–Crippen LogP) is 3.52. The molecule has 1 fully saturated rings. The lowest BCUT2D eigenvalue weighted by atomic mass is 10.2. The molecule has 144 valence electrons. The molecule has 0 radical (unpaired) electrons. The maximum absolute atomic E-state index is 12.8. The topological polar surface area (TPSA) is 78.5 Å². The van der Waals surface area contributed by atoms with E-state index in [-0.39, 0.29) is 17.3 Å². The molecule has 1 aliphatic rings. The van der Waals surface area contributed by atoms with E-state index in [0.717, 1.165) is 28.5 Å². The highest BCUT2D eigenvalue weighted by Crippen LogP contribution is 2.22. The van der Waals surface area contributed by atoms with Gasteiger partial charge in [-0.3, -0.25) is 4.79 Å². The summed E-state index contributed by atoms with van der Waals surface area (Å²) in [6.07, 6.45) is 2.87. The summed E-state index contributed by atoms with van der Waals surface area (Å²) in [5, 5.41) is 5.81. The molecule has 0 spiro atoms. The van der Waals surface area contributed by atoms with Gasteiger partial charge in [0.2, 0.25) is 15.9 Å². The van der Waals surface area contributed by atoms with Crippen LogP contribution in [0.3, 0.4) is 0 Å². The van der Waals surface area contributed by atoms with Gasteiger partial charge in [-0.1, -0.05) is 18.6 Å². The number of halogens is 1. The van der Waals surface area contributed by atoms with Crippen LogP contribution in [-0.2, 0) is 14.8 Å². The molecular formula is C19H22IN3O3S. The first kappa shape index (κ1) is 20.1. The molecule has 6 nitrogen and oxygen atoms in total. The van der Waals surface area contributed by atoms with E-state index in [2.05, 4.69) is 33.2 Å². The van der Waals surface area contributed by atoms with Crippen LogP contribution in [0.15, 0.2) is 53.4 Å². The molecular weight excluding hydrogens is 477 g/mol. The first-order chi connectivity index (χ1) is 12.9. The van der Waals surface area contributed by atoms with E-state index in [1.165, 1.54) is 0 Å². The van der Waals surface area contributed by atoms with Crippen LogP contribution in [0.2, 0.25) is 0 Å². The lowest BCUT2D eigenvalue weighted by molar-refractivity contribution is -0.114. The molecule has 0 aliphatic carbocycles. The van der Waals surface area contributed by atoms with Crippen molar-refractivity contribution in [3.63, 3.8) is 0 Å². The quantitative estimate of drug-likeness (QED) is 0.597.